The molecule has 3 aromatic rings. The van der Waals surface area contributed by atoms with Crippen molar-refractivity contribution in [3.05, 3.63) is 60.2 Å². The summed E-state index contributed by atoms with van der Waals surface area (Å²) in [6.45, 7) is -1.31. The zero-order chi connectivity index (χ0) is 17.7. The highest BCUT2D eigenvalue weighted by Gasteiger charge is 2.28. The van der Waals surface area contributed by atoms with Gasteiger partial charge in [0.2, 0.25) is 5.16 Å². The Morgan fingerprint density at radius 2 is 1.84 bits per heavy atom. The van der Waals surface area contributed by atoms with E-state index in [1.807, 2.05) is 36.4 Å². The van der Waals surface area contributed by atoms with Crippen molar-refractivity contribution in [3.8, 4) is 11.4 Å². The van der Waals surface area contributed by atoms with Gasteiger partial charge in [-0.1, -0.05) is 42.1 Å². The fourth-order valence-corrected chi connectivity index (χ4v) is 2.87. The van der Waals surface area contributed by atoms with Gasteiger partial charge in [0, 0.05) is 5.75 Å². The molecule has 0 saturated heterocycles. The molecule has 0 N–H and O–H groups in total. The number of tetrazole rings is 1. The summed E-state index contributed by atoms with van der Waals surface area (Å²) in [6.07, 6.45) is -4.36. The van der Waals surface area contributed by atoms with E-state index in [2.05, 4.69) is 15.5 Å². The average molecular weight is 366 g/mol. The first-order valence-electron chi connectivity index (χ1n) is 7.26. The minimum absolute atomic E-state index is 0.179. The number of thioether (sulfide) groups is 1. The highest BCUT2D eigenvalue weighted by atomic mass is 32.2. The van der Waals surface area contributed by atoms with Gasteiger partial charge in [0.15, 0.2) is 6.61 Å². The molecule has 1 aromatic heterocycles. The topological polar surface area (TPSA) is 52.8 Å². The molecule has 0 unspecified atom stereocenters. The molecule has 0 aliphatic heterocycles. The first-order valence-corrected chi connectivity index (χ1v) is 8.25. The molecule has 0 aliphatic rings. The van der Waals surface area contributed by atoms with Gasteiger partial charge in [-0.3, -0.25) is 0 Å². The Hall–Kier alpha value is -2.55. The molecule has 9 heteroatoms. The molecular formula is C16H13F3N4OS. The molecule has 0 aliphatic carbocycles. The minimum atomic E-state index is -4.36. The van der Waals surface area contributed by atoms with Crippen LogP contribution in [0.1, 0.15) is 5.56 Å². The molecule has 25 heavy (non-hydrogen) atoms. The van der Waals surface area contributed by atoms with Gasteiger partial charge in [-0.2, -0.15) is 17.9 Å². The molecule has 0 spiro atoms. The van der Waals surface area contributed by atoms with E-state index < -0.39 is 12.8 Å². The Kier molecular flexibility index (Phi) is 5.22. The van der Waals surface area contributed by atoms with Crippen LogP contribution >= 0.6 is 11.8 Å². The lowest BCUT2D eigenvalue weighted by Crippen LogP contribution is -2.19. The standard InChI is InChI=1S/C16H13F3N4OS/c17-16(18,19)11-24-14-8-4-5-12(9-14)10-25-15-20-21-22-23(15)13-6-2-1-3-7-13/h1-9H,10-11H2. The molecule has 2 aromatic carbocycles. The molecule has 0 amide bonds. The molecule has 0 radical (unpaired) electrons. The maximum absolute atomic E-state index is 12.2. The fraction of sp³-hybridized carbons (Fsp3) is 0.188. The highest BCUT2D eigenvalue weighted by Crippen LogP contribution is 2.25. The van der Waals surface area contributed by atoms with Gasteiger partial charge in [0.1, 0.15) is 5.75 Å². The van der Waals surface area contributed by atoms with Crippen LogP contribution in [0.2, 0.25) is 0 Å². The second-order valence-corrected chi connectivity index (χ2v) is 5.99. The van der Waals surface area contributed by atoms with Crippen LogP contribution in [0, 0.1) is 0 Å². The van der Waals surface area contributed by atoms with Gasteiger partial charge in [0.05, 0.1) is 5.69 Å². The molecule has 0 atom stereocenters. The monoisotopic (exact) mass is 366 g/mol. The van der Waals surface area contributed by atoms with Crippen molar-refractivity contribution < 1.29 is 17.9 Å². The summed E-state index contributed by atoms with van der Waals surface area (Å²) in [5, 5.41) is 12.2. The second kappa shape index (κ2) is 7.56. The van der Waals surface area contributed by atoms with E-state index in [-0.39, 0.29) is 5.75 Å². The number of alkyl halides is 3. The van der Waals surface area contributed by atoms with Crippen LogP contribution in [-0.2, 0) is 5.75 Å². The maximum Gasteiger partial charge on any atom is 0.422 e. The Labute approximate surface area is 145 Å². The van der Waals surface area contributed by atoms with Gasteiger partial charge in [-0.05, 0) is 40.3 Å². The number of ether oxygens (including phenoxy) is 1. The molecule has 0 bridgehead atoms. The summed E-state index contributed by atoms with van der Waals surface area (Å²) in [5.41, 5.74) is 1.64. The molecule has 0 saturated carbocycles. The summed E-state index contributed by atoms with van der Waals surface area (Å²) in [5.74, 6) is 0.675. The van der Waals surface area contributed by atoms with Gasteiger partial charge < -0.3 is 4.74 Å². The van der Waals surface area contributed by atoms with E-state index in [0.717, 1.165) is 11.3 Å². The number of para-hydroxylation sites is 1. The van der Waals surface area contributed by atoms with Crippen LogP contribution in [0.25, 0.3) is 5.69 Å². The second-order valence-electron chi connectivity index (χ2n) is 5.05. The van der Waals surface area contributed by atoms with Crippen molar-refractivity contribution in [2.45, 2.75) is 17.1 Å². The maximum atomic E-state index is 12.2. The van der Waals surface area contributed by atoms with E-state index in [4.69, 9.17) is 4.74 Å². The third-order valence-corrected chi connectivity index (χ3v) is 4.10. The van der Waals surface area contributed by atoms with Crippen LogP contribution in [0.4, 0.5) is 13.2 Å². The number of aromatic nitrogens is 4. The van der Waals surface area contributed by atoms with Crippen LogP contribution < -0.4 is 4.74 Å². The molecule has 0 fully saturated rings. The number of hydrogen-bond donors (Lipinski definition) is 0. The van der Waals surface area contributed by atoms with Crippen molar-refractivity contribution in [3.63, 3.8) is 0 Å². The van der Waals surface area contributed by atoms with Gasteiger partial charge >= 0.3 is 6.18 Å². The van der Waals surface area contributed by atoms with E-state index in [1.54, 1.807) is 16.8 Å². The SMILES string of the molecule is FC(F)(F)COc1cccc(CSc2nnnn2-c2ccccc2)c1. The summed E-state index contributed by atoms with van der Waals surface area (Å²) < 4.78 is 43.0. The number of nitrogens with zero attached hydrogens (tertiary/aromatic N) is 4. The Morgan fingerprint density at radius 1 is 1.04 bits per heavy atom. The lowest BCUT2D eigenvalue weighted by molar-refractivity contribution is -0.153. The van der Waals surface area contributed by atoms with Gasteiger partial charge in [-0.25, -0.2) is 0 Å². The minimum Gasteiger partial charge on any atom is -0.484 e. The van der Waals surface area contributed by atoms with Crippen molar-refractivity contribution >= 4 is 11.8 Å². The Morgan fingerprint density at radius 3 is 2.60 bits per heavy atom. The van der Waals surface area contributed by atoms with Gasteiger partial charge in [-0.15, -0.1) is 5.10 Å². The average Bonchev–Trinajstić information content (AvgIpc) is 3.07. The summed E-state index contributed by atoms with van der Waals surface area (Å²) in [6, 6.07) is 16.0. The van der Waals surface area contributed by atoms with Crippen LogP contribution in [-0.4, -0.2) is 33.0 Å². The van der Waals surface area contributed by atoms with Crippen LogP contribution in [0.3, 0.4) is 0 Å². The number of benzene rings is 2. The van der Waals surface area contributed by atoms with Crippen LogP contribution in [0.15, 0.2) is 59.8 Å². The van der Waals surface area contributed by atoms with Crippen LogP contribution in [0.5, 0.6) is 5.75 Å². The third-order valence-electron chi connectivity index (χ3n) is 3.11. The fourth-order valence-electron chi connectivity index (χ4n) is 2.04. The van der Waals surface area contributed by atoms with E-state index in [9.17, 15) is 13.2 Å². The molecule has 130 valence electrons. The van der Waals surface area contributed by atoms with Crippen molar-refractivity contribution in [1.82, 2.24) is 20.2 Å². The molecular weight excluding hydrogens is 353 g/mol. The number of rotatable bonds is 6. The van der Waals surface area contributed by atoms with Gasteiger partial charge in [0.25, 0.3) is 0 Å². The lowest BCUT2D eigenvalue weighted by Gasteiger charge is -2.10. The Bertz CT molecular complexity index is 824. The highest BCUT2D eigenvalue weighted by molar-refractivity contribution is 7.98. The first-order chi connectivity index (χ1) is 12.0. The summed E-state index contributed by atoms with van der Waals surface area (Å²) >= 11 is 1.38. The molecule has 5 nitrogen and oxygen atoms in total. The van der Waals surface area contributed by atoms with E-state index in [1.165, 1.54) is 17.8 Å². The number of hydrogen-bond acceptors (Lipinski definition) is 5. The summed E-state index contributed by atoms with van der Waals surface area (Å²) in [7, 11) is 0. The predicted molar refractivity (Wildman–Crippen MR) is 86.7 cm³/mol. The summed E-state index contributed by atoms with van der Waals surface area (Å²) in [4.78, 5) is 0. The quantitative estimate of drug-likeness (QED) is 0.620. The normalized spacial score (nSPS) is 11.5. The Balaban J connectivity index is 1.66. The predicted octanol–water partition coefficient (Wildman–Crippen LogP) is 3.90. The third kappa shape index (κ3) is 4.96. The van der Waals surface area contributed by atoms with E-state index in [0.29, 0.717) is 10.9 Å². The largest absolute Gasteiger partial charge is 0.484 e. The number of halogens is 3. The van der Waals surface area contributed by atoms with E-state index >= 15 is 0 Å². The zero-order valence-corrected chi connectivity index (χ0v) is 13.7. The zero-order valence-electron chi connectivity index (χ0n) is 12.8. The van der Waals surface area contributed by atoms with Crippen molar-refractivity contribution in [1.29, 1.82) is 0 Å². The van der Waals surface area contributed by atoms with Crippen molar-refractivity contribution in [2.75, 3.05) is 6.61 Å². The molecule has 1 heterocycles. The van der Waals surface area contributed by atoms with Crippen molar-refractivity contribution in [2.24, 2.45) is 0 Å². The lowest BCUT2D eigenvalue weighted by atomic mass is 10.2. The smallest absolute Gasteiger partial charge is 0.422 e. The first kappa shape index (κ1) is 17.3. The molecule has 3 rings (SSSR count).